The zero-order valence-corrected chi connectivity index (χ0v) is 11.9. The lowest BCUT2D eigenvalue weighted by molar-refractivity contribution is 0.00481. The van der Waals surface area contributed by atoms with Crippen LogP contribution in [0, 0.1) is 5.92 Å². The fraction of sp³-hybridized carbons (Fsp3) is 1.00. The van der Waals surface area contributed by atoms with E-state index in [4.69, 9.17) is 9.47 Å². The third kappa shape index (κ3) is 6.69. The number of aliphatic hydroxyl groups is 1. The van der Waals surface area contributed by atoms with Crippen LogP contribution < -0.4 is 5.32 Å². The standard InChI is InChI=1S/C14H29NO3/c1-3-17-8-9-18-11-13(16)10-15-14-7-5-4-6-12(14)2/h12-16H,3-11H2,1-2H3. The molecule has 3 unspecified atom stereocenters. The Morgan fingerprint density at radius 2 is 1.94 bits per heavy atom. The Hall–Kier alpha value is -0.160. The van der Waals surface area contributed by atoms with E-state index in [-0.39, 0.29) is 0 Å². The molecule has 0 bridgehead atoms. The quantitative estimate of drug-likeness (QED) is 0.617. The molecule has 3 atom stereocenters. The second-order valence-electron chi connectivity index (χ2n) is 5.20. The predicted molar refractivity (Wildman–Crippen MR) is 72.7 cm³/mol. The SMILES string of the molecule is CCOCCOCC(O)CNC1CCCCC1C. The van der Waals surface area contributed by atoms with Crippen LogP contribution in [0.1, 0.15) is 39.5 Å². The Kier molecular flexibility index (Phi) is 8.59. The first-order chi connectivity index (χ1) is 8.74. The Labute approximate surface area is 111 Å². The Morgan fingerprint density at radius 3 is 2.67 bits per heavy atom. The zero-order chi connectivity index (χ0) is 13.2. The molecule has 0 radical (unpaired) electrons. The van der Waals surface area contributed by atoms with Crippen molar-refractivity contribution in [1.82, 2.24) is 5.32 Å². The van der Waals surface area contributed by atoms with E-state index in [2.05, 4.69) is 12.2 Å². The summed E-state index contributed by atoms with van der Waals surface area (Å²) >= 11 is 0. The van der Waals surface area contributed by atoms with Gasteiger partial charge in [-0.05, 0) is 25.7 Å². The van der Waals surface area contributed by atoms with E-state index < -0.39 is 6.10 Å². The molecule has 4 nitrogen and oxygen atoms in total. The van der Waals surface area contributed by atoms with Gasteiger partial charge in [0.25, 0.3) is 0 Å². The molecule has 0 saturated heterocycles. The monoisotopic (exact) mass is 259 g/mol. The first kappa shape index (κ1) is 15.9. The first-order valence-corrected chi connectivity index (χ1v) is 7.31. The lowest BCUT2D eigenvalue weighted by Gasteiger charge is -2.30. The van der Waals surface area contributed by atoms with Gasteiger partial charge in [-0.15, -0.1) is 0 Å². The summed E-state index contributed by atoms with van der Waals surface area (Å²) in [5.74, 6) is 0.727. The second kappa shape index (κ2) is 9.73. The highest BCUT2D eigenvalue weighted by Crippen LogP contribution is 2.23. The van der Waals surface area contributed by atoms with Crippen LogP contribution in [-0.4, -0.2) is 50.2 Å². The maximum Gasteiger partial charge on any atom is 0.0897 e. The predicted octanol–water partition coefficient (Wildman–Crippen LogP) is 1.57. The van der Waals surface area contributed by atoms with Crippen LogP contribution in [0.2, 0.25) is 0 Å². The molecule has 1 rings (SSSR count). The molecule has 0 heterocycles. The lowest BCUT2D eigenvalue weighted by Crippen LogP contribution is -2.42. The van der Waals surface area contributed by atoms with Crippen molar-refractivity contribution in [1.29, 1.82) is 0 Å². The van der Waals surface area contributed by atoms with Crippen molar-refractivity contribution in [3.05, 3.63) is 0 Å². The van der Waals surface area contributed by atoms with Gasteiger partial charge < -0.3 is 19.9 Å². The van der Waals surface area contributed by atoms with E-state index in [0.717, 1.165) is 5.92 Å². The molecule has 1 aliphatic rings. The van der Waals surface area contributed by atoms with E-state index in [1.54, 1.807) is 0 Å². The summed E-state index contributed by atoms with van der Waals surface area (Å²) in [4.78, 5) is 0. The lowest BCUT2D eigenvalue weighted by atomic mass is 9.86. The average molecular weight is 259 g/mol. The Bertz CT molecular complexity index is 201. The minimum atomic E-state index is -0.416. The van der Waals surface area contributed by atoms with Gasteiger partial charge in [0.1, 0.15) is 0 Å². The Balaban J connectivity index is 2.00. The topological polar surface area (TPSA) is 50.7 Å². The molecule has 4 heteroatoms. The fourth-order valence-electron chi connectivity index (χ4n) is 2.45. The van der Waals surface area contributed by atoms with Gasteiger partial charge in [-0.1, -0.05) is 19.8 Å². The third-order valence-electron chi connectivity index (χ3n) is 3.61. The van der Waals surface area contributed by atoms with Crippen molar-refractivity contribution in [3.63, 3.8) is 0 Å². The minimum Gasteiger partial charge on any atom is -0.389 e. The van der Waals surface area contributed by atoms with Gasteiger partial charge in [0.15, 0.2) is 0 Å². The van der Waals surface area contributed by atoms with Crippen molar-refractivity contribution < 1.29 is 14.6 Å². The van der Waals surface area contributed by atoms with Gasteiger partial charge >= 0.3 is 0 Å². The first-order valence-electron chi connectivity index (χ1n) is 7.31. The van der Waals surface area contributed by atoms with E-state index in [1.165, 1.54) is 25.7 Å². The number of ether oxygens (including phenoxy) is 2. The van der Waals surface area contributed by atoms with Crippen LogP contribution in [0.4, 0.5) is 0 Å². The maximum absolute atomic E-state index is 9.79. The van der Waals surface area contributed by atoms with Crippen LogP contribution >= 0.6 is 0 Å². The zero-order valence-electron chi connectivity index (χ0n) is 11.9. The highest BCUT2D eigenvalue weighted by Gasteiger charge is 2.21. The number of aliphatic hydroxyl groups excluding tert-OH is 1. The molecule has 1 aliphatic carbocycles. The van der Waals surface area contributed by atoms with E-state index >= 15 is 0 Å². The summed E-state index contributed by atoms with van der Waals surface area (Å²) in [5, 5.41) is 13.3. The fourth-order valence-corrected chi connectivity index (χ4v) is 2.45. The molecule has 0 aromatic rings. The van der Waals surface area contributed by atoms with Crippen molar-refractivity contribution in [2.75, 3.05) is 33.0 Å². The van der Waals surface area contributed by atoms with Crippen molar-refractivity contribution in [3.8, 4) is 0 Å². The number of nitrogens with one attached hydrogen (secondary N) is 1. The highest BCUT2D eigenvalue weighted by atomic mass is 16.5. The van der Waals surface area contributed by atoms with Crippen molar-refractivity contribution >= 4 is 0 Å². The minimum absolute atomic E-state index is 0.390. The van der Waals surface area contributed by atoms with Gasteiger partial charge in [0.05, 0.1) is 25.9 Å². The molecule has 1 fully saturated rings. The molecular formula is C14H29NO3. The van der Waals surface area contributed by atoms with Crippen LogP contribution in [0.3, 0.4) is 0 Å². The summed E-state index contributed by atoms with van der Waals surface area (Å²) in [5.41, 5.74) is 0. The summed E-state index contributed by atoms with van der Waals surface area (Å²) < 4.78 is 10.5. The molecule has 18 heavy (non-hydrogen) atoms. The van der Waals surface area contributed by atoms with Crippen LogP contribution in [-0.2, 0) is 9.47 Å². The molecule has 0 aliphatic heterocycles. The summed E-state index contributed by atoms with van der Waals surface area (Å²) in [6.07, 6.45) is 4.78. The number of hydrogen-bond donors (Lipinski definition) is 2. The van der Waals surface area contributed by atoms with Crippen LogP contribution in [0.5, 0.6) is 0 Å². The van der Waals surface area contributed by atoms with Crippen molar-refractivity contribution in [2.24, 2.45) is 5.92 Å². The number of rotatable bonds is 9. The summed E-state index contributed by atoms with van der Waals surface area (Å²) in [6, 6.07) is 0.567. The largest absolute Gasteiger partial charge is 0.389 e. The van der Waals surface area contributed by atoms with Crippen LogP contribution in [0.25, 0.3) is 0 Å². The molecule has 0 aromatic carbocycles. The van der Waals surface area contributed by atoms with Gasteiger partial charge in [-0.2, -0.15) is 0 Å². The smallest absolute Gasteiger partial charge is 0.0897 e. The maximum atomic E-state index is 9.79. The highest BCUT2D eigenvalue weighted by molar-refractivity contribution is 4.78. The molecule has 0 amide bonds. The van der Waals surface area contributed by atoms with Gasteiger partial charge in [-0.3, -0.25) is 0 Å². The van der Waals surface area contributed by atoms with E-state index in [0.29, 0.717) is 39.0 Å². The molecular weight excluding hydrogens is 230 g/mol. The molecule has 0 aromatic heterocycles. The average Bonchev–Trinajstić information content (AvgIpc) is 2.37. The summed E-state index contributed by atoms with van der Waals surface area (Å²) in [7, 11) is 0. The third-order valence-corrected chi connectivity index (χ3v) is 3.61. The molecule has 2 N–H and O–H groups in total. The Morgan fingerprint density at radius 1 is 1.22 bits per heavy atom. The molecule has 0 spiro atoms. The second-order valence-corrected chi connectivity index (χ2v) is 5.20. The van der Waals surface area contributed by atoms with Gasteiger partial charge in [-0.25, -0.2) is 0 Å². The molecule has 1 saturated carbocycles. The van der Waals surface area contributed by atoms with Gasteiger partial charge in [0, 0.05) is 19.2 Å². The number of hydrogen-bond acceptors (Lipinski definition) is 4. The van der Waals surface area contributed by atoms with Crippen molar-refractivity contribution in [2.45, 2.75) is 51.7 Å². The summed E-state index contributed by atoms with van der Waals surface area (Å²) in [6.45, 7) is 7.16. The van der Waals surface area contributed by atoms with Gasteiger partial charge in [0.2, 0.25) is 0 Å². The normalized spacial score (nSPS) is 26.2. The van der Waals surface area contributed by atoms with E-state index in [9.17, 15) is 5.11 Å². The van der Waals surface area contributed by atoms with E-state index in [1.807, 2.05) is 6.92 Å². The molecule has 108 valence electrons. The van der Waals surface area contributed by atoms with Crippen LogP contribution in [0.15, 0.2) is 0 Å².